The van der Waals surface area contributed by atoms with Gasteiger partial charge >= 0.3 is 6.09 Å². The van der Waals surface area contributed by atoms with Gasteiger partial charge in [-0.15, -0.1) is 0 Å². The molecular formula is C39H50ClN3O5. The van der Waals surface area contributed by atoms with Gasteiger partial charge in [0.2, 0.25) is 5.91 Å². The third kappa shape index (κ3) is 8.45. The summed E-state index contributed by atoms with van der Waals surface area (Å²) in [6.45, 7) is 11.9. The Morgan fingerprint density at radius 2 is 1.65 bits per heavy atom. The smallest absolute Gasteiger partial charge is 0.407 e. The molecule has 1 saturated carbocycles. The van der Waals surface area contributed by atoms with Crippen molar-refractivity contribution in [3.05, 3.63) is 87.9 Å². The molecule has 1 fully saturated rings. The van der Waals surface area contributed by atoms with Gasteiger partial charge in [-0.25, -0.2) is 4.79 Å². The molecule has 0 bridgehead atoms. The molecular weight excluding hydrogens is 626 g/mol. The van der Waals surface area contributed by atoms with E-state index < -0.39 is 11.6 Å². The Morgan fingerprint density at radius 1 is 0.979 bits per heavy atom. The molecule has 0 radical (unpaired) electrons. The first-order valence-corrected chi connectivity index (χ1v) is 17.5. The number of amides is 2. The lowest BCUT2D eigenvalue weighted by molar-refractivity contribution is -0.118. The van der Waals surface area contributed by atoms with E-state index in [2.05, 4.69) is 30.5 Å². The molecule has 3 aromatic rings. The van der Waals surface area contributed by atoms with Gasteiger partial charge < -0.3 is 29.7 Å². The number of anilines is 1. The van der Waals surface area contributed by atoms with Crippen LogP contribution in [0.3, 0.4) is 0 Å². The summed E-state index contributed by atoms with van der Waals surface area (Å²) in [5.74, 6) is 1.30. The Labute approximate surface area is 290 Å². The molecule has 1 heterocycles. The molecule has 2 amide bonds. The Hall–Kier alpha value is -3.75. The number of ether oxygens (including phenoxy) is 3. The van der Waals surface area contributed by atoms with E-state index in [-0.39, 0.29) is 42.7 Å². The molecule has 0 aromatic heterocycles. The maximum Gasteiger partial charge on any atom is 0.407 e. The normalized spacial score (nSPS) is 20.8. The number of hydrogen-bond donors (Lipinski definition) is 2. The van der Waals surface area contributed by atoms with Crippen molar-refractivity contribution in [2.45, 2.75) is 116 Å². The van der Waals surface area contributed by atoms with Crippen LogP contribution in [0.4, 0.5) is 10.5 Å². The number of benzene rings is 3. The van der Waals surface area contributed by atoms with Crippen LogP contribution >= 0.6 is 11.6 Å². The number of para-hydroxylation sites is 1. The molecule has 0 saturated heterocycles. The van der Waals surface area contributed by atoms with Crippen LogP contribution in [0.5, 0.6) is 11.5 Å². The van der Waals surface area contributed by atoms with Gasteiger partial charge in [-0.2, -0.15) is 0 Å². The van der Waals surface area contributed by atoms with Crippen LogP contribution in [-0.4, -0.2) is 42.9 Å². The summed E-state index contributed by atoms with van der Waals surface area (Å²) in [6.07, 6.45) is 4.33. The van der Waals surface area contributed by atoms with Crippen molar-refractivity contribution < 1.29 is 23.8 Å². The topological polar surface area (TPSA) is 89.1 Å². The lowest BCUT2D eigenvalue weighted by Crippen LogP contribution is -2.45. The molecule has 1 aliphatic carbocycles. The minimum atomic E-state index is -0.521. The van der Waals surface area contributed by atoms with E-state index in [0.29, 0.717) is 16.5 Å². The number of nitrogens with zero attached hydrogens (tertiary/aromatic N) is 1. The van der Waals surface area contributed by atoms with Crippen molar-refractivity contribution in [3.63, 3.8) is 0 Å². The van der Waals surface area contributed by atoms with Gasteiger partial charge in [-0.3, -0.25) is 4.79 Å². The molecule has 48 heavy (non-hydrogen) atoms. The molecule has 3 aromatic carbocycles. The van der Waals surface area contributed by atoms with Crippen molar-refractivity contribution in [2.24, 2.45) is 0 Å². The second-order valence-electron chi connectivity index (χ2n) is 14.1. The van der Waals surface area contributed by atoms with E-state index in [4.69, 9.17) is 25.8 Å². The van der Waals surface area contributed by atoms with E-state index >= 15 is 0 Å². The zero-order valence-electron chi connectivity index (χ0n) is 29.3. The molecule has 2 N–H and O–H groups in total. The van der Waals surface area contributed by atoms with E-state index in [0.717, 1.165) is 60.0 Å². The first-order chi connectivity index (χ1) is 22.9. The van der Waals surface area contributed by atoms with Crippen molar-refractivity contribution >= 4 is 29.3 Å². The predicted octanol–water partition coefficient (Wildman–Crippen LogP) is 8.69. The van der Waals surface area contributed by atoms with Gasteiger partial charge in [0.1, 0.15) is 5.60 Å². The van der Waals surface area contributed by atoms with Crippen molar-refractivity contribution in [1.82, 2.24) is 10.6 Å². The van der Waals surface area contributed by atoms with Crippen LogP contribution in [0.15, 0.2) is 60.7 Å². The zero-order chi connectivity index (χ0) is 34.6. The molecule has 2 unspecified atom stereocenters. The Balaban J connectivity index is 1.43. The van der Waals surface area contributed by atoms with E-state index in [1.54, 1.807) is 7.11 Å². The van der Waals surface area contributed by atoms with Gasteiger partial charge in [-0.1, -0.05) is 48.9 Å². The predicted molar refractivity (Wildman–Crippen MR) is 191 cm³/mol. The van der Waals surface area contributed by atoms with E-state index in [9.17, 15) is 9.59 Å². The van der Waals surface area contributed by atoms with Gasteiger partial charge in [-0.05, 0) is 119 Å². The lowest BCUT2D eigenvalue weighted by atomic mass is 9.86. The molecule has 9 heteroatoms. The molecule has 1 aliphatic heterocycles. The monoisotopic (exact) mass is 675 g/mol. The number of methoxy groups -OCH3 is 1. The number of halogens is 1. The third-order valence-electron chi connectivity index (χ3n) is 9.27. The second-order valence-corrected chi connectivity index (χ2v) is 14.5. The largest absolute Gasteiger partial charge is 0.493 e. The SMILES string of the molecule is CC[C@@H](C)Oc1cc2c(cc1OC)CC(=O)N(c1ccccc1C(C)N[C@H]1CC[C@@H](NC(=O)OC(C)(C)C)CC1)C2c1ccc(Cl)cc1. The van der Waals surface area contributed by atoms with Crippen LogP contribution in [0.25, 0.3) is 0 Å². The maximum atomic E-state index is 14.3. The first kappa shape index (κ1) is 35.6. The molecule has 3 atom stereocenters. The summed E-state index contributed by atoms with van der Waals surface area (Å²) in [7, 11) is 1.63. The highest BCUT2D eigenvalue weighted by Crippen LogP contribution is 2.45. The zero-order valence-corrected chi connectivity index (χ0v) is 30.0. The summed E-state index contributed by atoms with van der Waals surface area (Å²) in [6, 6.07) is 19.9. The van der Waals surface area contributed by atoms with E-state index in [1.165, 1.54) is 0 Å². The first-order valence-electron chi connectivity index (χ1n) is 17.2. The number of hydrogen-bond acceptors (Lipinski definition) is 6. The van der Waals surface area contributed by atoms with Crippen LogP contribution in [-0.2, 0) is 16.0 Å². The van der Waals surface area contributed by atoms with Gasteiger partial charge in [0, 0.05) is 28.8 Å². The summed E-state index contributed by atoms with van der Waals surface area (Å²) < 4.78 is 17.5. The van der Waals surface area contributed by atoms with Crippen molar-refractivity contribution in [1.29, 1.82) is 0 Å². The highest BCUT2D eigenvalue weighted by atomic mass is 35.5. The summed E-state index contributed by atoms with van der Waals surface area (Å²) >= 11 is 6.34. The molecule has 2 aliphatic rings. The number of fused-ring (bicyclic) bond motifs is 1. The maximum absolute atomic E-state index is 14.3. The summed E-state index contributed by atoms with van der Waals surface area (Å²) in [4.78, 5) is 28.5. The lowest BCUT2D eigenvalue weighted by Gasteiger charge is -2.40. The van der Waals surface area contributed by atoms with Crippen LogP contribution in [0.2, 0.25) is 5.02 Å². The second kappa shape index (κ2) is 15.2. The fourth-order valence-corrected chi connectivity index (χ4v) is 6.88. The minimum absolute atomic E-state index is 0.00284. The highest BCUT2D eigenvalue weighted by molar-refractivity contribution is 6.30. The Bertz CT molecular complexity index is 1580. The van der Waals surface area contributed by atoms with Crippen LogP contribution < -0.4 is 25.0 Å². The van der Waals surface area contributed by atoms with Gasteiger partial charge in [0.05, 0.1) is 25.7 Å². The molecule has 258 valence electrons. The van der Waals surface area contributed by atoms with Crippen molar-refractivity contribution in [2.75, 3.05) is 12.0 Å². The number of alkyl carbamates (subject to hydrolysis) is 1. The fourth-order valence-electron chi connectivity index (χ4n) is 6.75. The molecule has 0 spiro atoms. The summed E-state index contributed by atoms with van der Waals surface area (Å²) in [5, 5.41) is 7.51. The quantitative estimate of drug-likeness (QED) is 0.224. The standard InChI is InChI=1S/C39H50ClN3O5/c1-8-24(2)47-35-23-32-27(21-34(35)46-7)22-36(44)43(37(32)26-13-15-28(40)16-14-26)33-12-10-9-11-31(33)25(3)41-29-17-19-30(20-18-29)42-38(45)48-39(4,5)6/h9-16,21,23-25,29-30,37,41H,8,17-20,22H2,1-7H3,(H,42,45)/t24-,25?,29-,30+,37?/m1/s1. The Kier molecular flexibility index (Phi) is 11.3. The average Bonchev–Trinajstić information content (AvgIpc) is 3.04. The highest BCUT2D eigenvalue weighted by Gasteiger charge is 2.38. The van der Waals surface area contributed by atoms with Crippen LogP contribution in [0, 0.1) is 0 Å². The number of carbonyl (C=O) groups excluding carboxylic acids is 2. The number of nitrogens with one attached hydrogen (secondary N) is 2. The van der Waals surface area contributed by atoms with Gasteiger partial charge in [0.15, 0.2) is 11.5 Å². The van der Waals surface area contributed by atoms with Crippen molar-refractivity contribution in [3.8, 4) is 11.5 Å². The number of carbonyl (C=O) groups is 2. The molecule has 8 nitrogen and oxygen atoms in total. The fraction of sp³-hybridized carbons (Fsp3) is 0.487. The third-order valence-corrected chi connectivity index (χ3v) is 9.53. The van der Waals surface area contributed by atoms with Gasteiger partial charge in [0.25, 0.3) is 0 Å². The minimum Gasteiger partial charge on any atom is -0.493 e. The number of rotatable bonds is 10. The molecule has 5 rings (SSSR count). The summed E-state index contributed by atoms with van der Waals surface area (Å²) in [5.41, 5.74) is 4.28. The average molecular weight is 676 g/mol. The van der Waals surface area contributed by atoms with E-state index in [1.807, 2.05) is 87.2 Å². The Morgan fingerprint density at radius 3 is 2.29 bits per heavy atom. The van der Waals surface area contributed by atoms with Crippen LogP contribution in [0.1, 0.15) is 108 Å².